The normalized spacial score (nSPS) is 11.7. The number of unbranched alkanes of at least 4 members (excludes halogenated alkanes) is 11. The Bertz CT molecular complexity index is 1060. The number of aromatic hydroxyl groups is 1. The lowest BCUT2D eigenvalue weighted by Gasteiger charge is -2.08. The lowest BCUT2D eigenvalue weighted by Crippen LogP contribution is -1.99. The maximum Gasteiger partial charge on any atom is 0.162 e. The Morgan fingerprint density at radius 3 is 2.24 bits per heavy atom. The summed E-state index contributed by atoms with van der Waals surface area (Å²) < 4.78 is 4.13. The number of phenols is 1. The highest BCUT2D eigenvalue weighted by molar-refractivity contribution is 7.73. The van der Waals surface area contributed by atoms with Crippen molar-refractivity contribution in [2.45, 2.75) is 90.5 Å². The van der Waals surface area contributed by atoms with Crippen LogP contribution in [0.3, 0.4) is 0 Å². The van der Waals surface area contributed by atoms with Gasteiger partial charge in [0, 0.05) is 5.56 Å². The highest BCUT2D eigenvalue weighted by atomic mass is 32.1. The Balaban J connectivity index is 1.36. The number of hydrogen-bond acceptors (Lipinski definition) is 3. The highest BCUT2D eigenvalue weighted by Gasteiger charge is 2.08. The molecule has 1 aromatic heterocycles. The number of hydrogen-bond donors (Lipinski definition) is 1. The van der Waals surface area contributed by atoms with E-state index in [0.717, 1.165) is 27.0 Å². The quantitative estimate of drug-likeness (QED) is 0.172. The predicted octanol–water partition coefficient (Wildman–Crippen LogP) is 9.90. The predicted molar refractivity (Wildman–Crippen MR) is 148 cm³/mol. The van der Waals surface area contributed by atoms with Crippen molar-refractivity contribution in [1.82, 2.24) is 4.57 Å². The average molecular weight is 482 g/mol. The summed E-state index contributed by atoms with van der Waals surface area (Å²) >= 11 is 7.17. The van der Waals surface area contributed by atoms with E-state index in [-0.39, 0.29) is 0 Å². The Morgan fingerprint density at radius 2 is 1.55 bits per heavy atom. The second-order valence-corrected chi connectivity index (χ2v) is 10.7. The number of thiazole rings is 1. The van der Waals surface area contributed by atoms with Crippen molar-refractivity contribution >= 4 is 39.8 Å². The number of benzene rings is 2. The molecule has 2 nitrogen and oxygen atoms in total. The molecule has 0 spiro atoms. The van der Waals surface area contributed by atoms with Crippen molar-refractivity contribution in [2.75, 3.05) is 0 Å². The summed E-state index contributed by atoms with van der Waals surface area (Å²) in [5.41, 5.74) is 3.08. The number of phenolic OH excluding ortho intramolecular Hbond substituents is 1. The van der Waals surface area contributed by atoms with Crippen molar-refractivity contribution in [3.8, 4) is 5.75 Å². The monoisotopic (exact) mass is 481 g/mol. The van der Waals surface area contributed by atoms with Crippen LogP contribution in [-0.2, 0) is 6.54 Å². The van der Waals surface area contributed by atoms with E-state index in [9.17, 15) is 5.11 Å². The lowest BCUT2D eigenvalue weighted by molar-refractivity contribution is 0.466. The SMILES string of the molecule is CCCCCCCCCCCCC/C=C/c1ccc(Cn2c(=S)sc3ccccc32)c(O)c1. The molecule has 4 heteroatoms. The topological polar surface area (TPSA) is 25.2 Å². The largest absolute Gasteiger partial charge is 0.508 e. The van der Waals surface area contributed by atoms with Crippen molar-refractivity contribution in [1.29, 1.82) is 0 Å². The van der Waals surface area contributed by atoms with Crippen LogP contribution in [0.15, 0.2) is 48.5 Å². The van der Waals surface area contributed by atoms with Crippen LogP contribution < -0.4 is 0 Å². The molecule has 0 amide bonds. The molecule has 1 N–H and O–H groups in total. The van der Waals surface area contributed by atoms with E-state index >= 15 is 0 Å². The van der Waals surface area contributed by atoms with E-state index in [1.165, 1.54) is 75.3 Å². The van der Waals surface area contributed by atoms with Gasteiger partial charge in [-0.15, -0.1) is 11.3 Å². The van der Waals surface area contributed by atoms with E-state index < -0.39 is 0 Å². The lowest BCUT2D eigenvalue weighted by atomic mass is 10.0. The van der Waals surface area contributed by atoms with Crippen LogP contribution in [0, 0.1) is 3.95 Å². The molecule has 0 saturated carbocycles. The second-order valence-electron chi connectivity index (χ2n) is 9.04. The minimum atomic E-state index is 0.337. The molecular weight excluding hydrogens is 442 g/mol. The van der Waals surface area contributed by atoms with Gasteiger partial charge < -0.3 is 9.67 Å². The van der Waals surface area contributed by atoms with E-state index in [1.54, 1.807) is 11.3 Å². The summed E-state index contributed by atoms with van der Waals surface area (Å²) in [5.74, 6) is 0.337. The van der Waals surface area contributed by atoms with Crippen LogP contribution in [0.25, 0.3) is 16.3 Å². The van der Waals surface area contributed by atoms with E-state index in [0.29, 0.717) is 12.3 Å². The summed E-state index contributed by atoms with van der Waals surface area (Å²) in [7, 11) is 0. The Labute approximate surface area is 209 Å². The maximum absolute atomic E-state index is 10.6. The molecule has 33 heavy (non-hydrogen) atoms. The van der Waals surface area contributed by atoms with E-state index in [1.807, 2.05) is 24.3 Å². The molecule has 1 heterocycles. The smallest absolute Gasteiger partial charge is 0.162 e. The third-order valence-electron chi connectivity index (χ3n) is 6.30. The molecule has 0 bridgehead atoms. The molecule has 0 radical (unpaired) electrons. The maximum atomic E-state index is 10.6. The van der Waals surface area contributed by atoms with Gasteiger partial charge in [0.15, 0.2) is 3.95 Å². The van der Waals surface area contributed by atoms with Crippen LogP contribution in [0.1, 0.15) is 95.1 Å². The summed E-state index contributed by atoms with van der Waals surface area (Å²) in [6, 6.07) is 14.2. The number of aromatic nitrogens is 1. The molecule has 0 aliphatic rings. The van der Waals surface area contributed by atoms with Gasteiger partial charge >= 0.3 is 0 Å². The standard InChI is InChI=1S/C29H39NOS2/c1-2-3-4-5-6-7-8-9-10-11-12-13-14-17-24-20-21-25(27(31)22-24)23-30-26-18-15-16-19-28(26)33-29(30)32/h14-22,31H,2-13,23H2,1H3/b17-14+. The molecule has 0 aliphatic heterocycles. The van der Waals surface area contributed by atoms with Gasteiger partial charge in [-0.3, -0.25) is 0 Å². The van der Waals surface area contributed by atoms with Gasteiger partial charge in [0.1, 0.15) is 5.75 Å². The second kappa shape index (κ2) is 14.4. The molecule has 178 valence electrons. The van der Waals surface area contributed by atoms with Gasteiger partial charge in [-0.05, 0) is 48.8 Å². The van der Waals surface area contributed by atoms with E-state index in [4.69, 9.17) is 12.2 Å². The molecule has 0 fully saturated rings. The van der Waals surface area contributed by atoms with Crippen molar-refractivity contribution in [3.63, 3.8) is 0 Å². The van der Waals surface area contributed by atoms with Crippen molar-refractivity contribution in [2.24, 2.45) is 0 Å². The minimum absolute atomic E-state index is 0.337. The Hall–Kier alpha value is -1.91. The fourth-order valence-corrected chi connectivity index (χ4v) is 5.62. The van der Waals surface area contributed by atoms with Gasteiger partial charge in [-0.25, -0.2) is 0 Å². The average Bonchev–Trinajstić information content (AvgIpc) is 3.13. The summed E-state index contributed by atoms with van der Waals surface area (Å²) in [6.45, 7) is 2.87. The van der Waals surface area contributed by atoms with Gasteiger partial charge in [0.2, 0.25) is 0 Å². The fraction of sp³-hybridized carbons (Fsp3) is 0.483. The molecule has 0 saturated heterocycles. The van der Waals surface area contributed by atoms with Crippen LogP contribution >= 0.6 is 23.6 Å². The van der Waals surface area contributed by atoms with Crippen LogP contribution in [0.5, 0.6) is 5.75 Å². The fourth-order valence-electron chi connectivity index (χ4n) is 4.30. The zero-order valence-corrected chi connectivity index (χ0v) is 21.7. The molecular formula is C29H39NOS2. The Morgan fingerprint density at radius 1 is 0.879 bits per heavy atom. The summed E-state index contributed by atoms with van der Waals surface area (Å²) in [5, 5.41) is 10.6. The molecule has 0 unspecified atom stereocenters. The third kappa shape index (κ3) is 8.42. The van der Waals surface area contributed by atoms with Gasteiger partial charge in [-0.1, -0.05) is 108 Å². The van der Waals surface area contributed by atoms with Gasteiger partial charge in [0.05, 0.1) is 16.8 Å². The molecule has 0 atom stereocenters. The first kappa shape index (κ1) is 25.7. The van der Waals surface area contributed by atoms with Gasteiger partial charge in [0.25, 0.3) is 0 Å². The number of rotatable bonds is 15. The highest BCUT2D eigenvalue weighted by Crippen LogP contribution is 2.27. The third-order valence-corrected chi connectivity index (χ3v) is 7.73. The van der Waals surface area contributed by atoms with Crippen molar-refractivity contribution < 1.29 is 5.11 Å². The number of para-hydroxylation sites is 1. The number of nitrogens with zero attached hydrogens (tertiary/aromatic N) is 1. The molecule has 2 aromatic carbocycles. The first-order valence-corrected chi connectivity index (χ1v) is 14.0. The van der Waals surface area contributed by atoms with Gasteiger partial charge in [-0.2, -0.15) is 0 Å². The number of fused-ring (bicyclic) bond motifs is 1. The van der Waals surface area contributed by atoms with E-state index in [2.05, 4.69) is 41.8 Å². The van der Waals surface area contributed by atoms with Crippen LogP contribution in [0.2, 0.25) is 0 Å². The first-order chi connectivity index (χ1) is 16.2. The van der Waals surface area contributed by atoms with Crippen molar-refractivity contribution in [3.05, 3.63) is 63.6 Å². The molecule has 3 rings (SSSR count). The first-order valence-electron chi connectivity index (χ1n) is 12.8. The molecule has 3 aromatic rings. The summed E-state index contributed by atoms with van der Waals surface area (Å²) in [4.78, 5) is 0. The molecule has 0 aliphatic carbocycles. The minimum Gasteiger partial charge on any atom is -0.508 e. The van der Waals surface area contributed by atoms with Crippen LogP contribution in [0.4, 0.5) is 0 Å². The van der Waals surface area contributed by atoms with Crippen LogP contribution in [-0.4, -0.2) is 9.67 Å². The number of allylic oxidation sites excluding steroid dienone is 1. The summed E-state index contributed by atoms with van der Waals surface area (Å²) in [6.07, 6.45) is 20.6. The Kier molecular flexibility index (Phi) is 11.2. The zero-order chi connectivity index (χ0) is 23.3. The zero-order valence-electron chi connectivity index (χ0n) is 20.1.